The fourth-order valence-corrected chi connectivity index (χ4v) is 3.22. The average Bonchev–Trinajstić information content (AvgIpc) is 3.41. The van der Waals surface area contributed by atoms with E-state index in [1.165, 1.54) is 6.20 Å². The van der Waals surface area contributed by atoms with Crippen LogP contribution >= 0.6 is 0 Å². The molecule has 0 saturated carbocycles. The van der Waals surface area contributed by atoms with Crippen molar-refractivity contribution in [2.24, 2.45) is 0 Å². The zero-order valence-corrected chi connectivity index (χ0v) is 14.8. The number of H-pyrrole nitrogens is 2. The van der Waals surface area contributed by atoms with Crippen LogP contribution in [0.5, 0.6) is 0 Å². The molecule has 0 radical (unpaired) electrons. The van der Waals surface area contributed by atoms with Crippen LogP contribution in [0.15, 0.2) is 60.0 Å². The van der Waals surface area contributed by atoms with Gasteiger partial charge in [-0.2, -0.15) is 10.1 Å². The molecule has 28 heavy (non-hydrogen) atoms. The van der Waals surface area contributed by atoms with Gasteiger partial charge in [-0.1, -0.05) is 18.2 Å². The normalized spacial score (nSPS) is 11.3. The average molecular weight is 372 g/mol. The van der Waals surface area contributed by atoms with Crippen molar-refractivity contribution in [3.8, 4) is 5.69 Å². The number of hydrogen-bond donors (Lipinski definition) is 3. The molecule has 0 atom stereocenters. The van der Waals surface area contributed by atoms with Crippen molar-refractivity contribution in [2.75, 3.05) is 11.9 Å². The minimum atomic E-state index is -0.176. The highest BCUT2D eigenvalue weighted by atomic mass is 16.1. The summed E-state index contributed by atoms with van der Waals surface area (Å²) in [5.41, 5.74) is 2.74. The zero-order chi connectivity index (χ0) is 18.9. The number of imidazole rings is 1. The number of hydrogen-bond acceptors (Lipinski definition) is 6. The summed E-state index contributed by atoms with van der Waals surface area (Å²) >= 11 is 0. The molecule has 0 bridgehead atoms. The lowest BCUT2D eigenvalue weighted by Gasteiger charge is -2.12. The van der Waals surface area contributed by atoms with Gasteiger partial charge in [0.1, 0.15) is 0 Å². The second kappa shape index (κ2) is 6.62. The monoisotopic (exact) mass is 372 g/mol. The van der Waals surface area contributed by atoms with E-state index in [-0.39, 0.29) is 5.56 Å². The maximum absolute atomic E-state index is 13.1. The summed E-state index contributed by atoms with van der Waals surface area (Å²) in [7, 11) is 0. The van der Waals surface area contributed by atoms with Crippen LogP contribution in [-0.2, 0) is 6.42 Å². The molecule has 1 aromatic carbocycles. The molecule has 9 heteroatoms. The topological polar surface area (TPSA) is 117 Å². The molecule has 5 aromatic rings. The van der Waals surface area contributed by atoms with Gasteiger partial charge in [0.2, 0.25) is 5.95 Å². The fourth-order valence-electron chi connectivity index (χ4n) is 3.22. The summed E-state index contributed by atoms with van der Waals surface area (Å²) in [4.78, 5) is 29.2. The Balaban J connectivity index is 1.62. The van der Waals surface area contributed by atoms with Crippen LogP contribution in [0.4, 0.5) is 5.95 Å². The van der Waals surface area contributed by atoms with Crippen molar-refractivity contribution in [1.29, 1.82) is 0 Å². The molecule has 0 spiro atoms. The summed E-state index contributed by atoms with van der Waals surface area (Å²) in [5.74, 6) is 0.454. The van der Waals surface area contributed by atoms with Crippen LogP contribution in [0.3, 0.4) is 0 Å². The lowest BCUT2D eigenvalue weighted by Crippen LogP contribution is -2.20. The van der Waals surface area contributed by atoms with Gasteiger partial charge in [0, 0.05) is 31.1 Å². The van der Waals surface area contributed by atoms with Crippen molar-refractivity contribution in [2.45, 2.75) is 6.42 Å². The fraction of sp³-hybridized carbons (Fsp3) is 0.105. The van der Waals surface area contributed by atoms with Crippen molar-refractivity contribution < 1.29 is 0 Å². The maximum atomic E-state index is 13.1. The first-order chi connectivity index (χ1) is 13.8. The summed E-state index contributed by atoms with van der Waals surface area (Å²) in [6, 6.07) is 9.43. The molecule has 4 aromatic heterocycles. The zero-order valence-electron chi connectivity index (χ0n) is 14.8. The van der Waals surface area contributed by atoms with Crippen molar-refractivity contribution in [1.82, 2.24) is 34.7 Å². The van der Waals surface area contributed by atoms with Crippen LogP contribution in [0.25, 0.3) is 27.6 Å². The number of fused-ring (bicyclic) bond motifs is 3. The van der Waals surface area contributed by atoms with E-state index in [1.54, 1.807) is 23.3 Å². The largest absolute Gasteiger partial charge is 0.354 e. The molecule has 0 aliphatic carbocycles. The molecule has 3 N–H and O–H groups in total. The van der Waals surface area contributed by atoms with E-state index >= 15 is 0 Å². The van der Waals surface area contributed by atoms with Crippen LogP contribution in [-0.4, -0.2) is 41.2 Å². The smallest absolute Gasteiger partial charge is 0.267 e. The molecule has 0 unspecified atom stereocenters. The lowest BCUT2D eigenvalue weighted by molar-refractivity contribution is 0.949. The van der Waals surface area contributed by atoms with Crippen molar-refractivity contribution in [3.63, 3.8) is 0 Å². The number of nitrogens with one attached hydrogen (secondary N) is 3. The Hall–Kier alpha value is -4.01. The minimum absolute atomic E-state index is 0.176. The van der Waals surface area contributed by atoms with Crippen LogP contribution in [0.1, 0.15) is 5.69 Å². The first kappa shape index (κ1) is 16.2. The van der Waals surface area contributed by atoms with Gasteiger partial charge < -0.3 is 10.3 Å². The SMILES string of the molecule is O=c1c2cn[nH]c2c2cnc(NCCc3cnc[nH]3)nc2n1-c1ccccc1. The summed E-state index contributed by atoms with van der Waals surface area (Å²) in [6.45, 7) is 0.634. The van der Waals surface area contributed by atoms with E-state index in [0.29, 0.717) is 29.0 Å². The Morgan fingerprint density at radius 1 is 1.07 bits per heavy atom. The number of rotatable bonds is 5. The molecule has 0 aliphatic rings. The first-order valence-corrected chi connectivity index (χ1v) is 8.82. The highest BCUT2D eigenvalue weighted by molar-refractivity contribution is 6.02. The van der Waals surface area contributed by atoms with Crippen LogP contribution < -0.4 is 10.9 Å². The maximum Gasteiger partial charge on any atom is 0.267 e. The Morgan fingerprint density at radius 2 is 1.96 bits per heavy atom. The number of pyridine rings is 1. The Labute approximate surface area is 158 Å². The molecule has 138 valence electrons. The van der Waals surface area contributed by atoms with Gasteiger partial charge in [-0.25, -0.2) is 9.97 Å². The van der Waals surface area contributed by atoms with Gasteiger partial charge in [0.05, 0.1) is 34.5 Å². The minimum Gasteiger partial charge on any atom is -0.354 e. The van der Waals surface area contributed by atoms with E-state index < -0.39 is 0 Å². The number of anilines is 1. The third-order valence-electron chi connectivity index (χ3n) is 4.57. The Bertz CT molecular complexity index is 1300. The molecular weight excluding hydrogens is 356 g/mol. The third-order valence-corrected chi connectivity index (χ3v) is 4.57. The molecule has 0 saturated heterocycles. The lowest BCUT2D eigenvalue weighted by atomic mass is 10.2. The van der Waals surface area contributed by atoms with Crippen LogP contribution in [0, 0.1) is 0 Å². The van der Waals surface area contributed by atoms with Crippen molar-refractivity contribution >= 4 is 27.9 Å². The summed E-state index contributed by atoms with van der Waals surface area (Å²) in [5, 5.41) is 11.4. The molecular formula is C19H16N8O. The second-order valence-corrected chi connectivity index (χ2v) is 6.32. The van der Waals surface area contributed by atoms with Gasteiger partial charge in [0.15, 0.2) is 5.65 Å². The van der Waals surface area contributed by atoms with E-state index in [9.17, 15) is 4.79 Å². The van der Waals surface area contributed by atoms with Crippen LogP contribution in [0.2, 0.25) is 0 Å². The molecule has 0 fully saturated rings. The molecule has 0 amide bonds. The molecule has 5 rings (SSSR count). The number of para-hydroxylation sites is 1. The Morgan fingerprint density at radius 3 is 2.79 bits per heavy atom. The molecule has 9 nitrogen and oxygen atoms in total. The van der Waals surface area contributed by atoms with E-state index in [1.807, 2.05) is 30.3 Å². The van der Waals surface area contributed by atoms with Gasteiger partial charge in [0.25, 0.3) is 5.56 Å². The van der Waals surface area contributed by atoms with Gasteiger partial charge >= 0.3 is 0 Å². The standard InChI is InChI=1S/C19H16N8O/c28-18-15-10-24-26-16(15)14-9-22-19(21-7-6-12-8-20-11-23-12)25-17(14)27(18)13-4-2-1-3-5-13/h1-5,8-11H,6-7H2,(H,20,23)(H,24,26)(H,21,22,25). The van der Waals surface area contributed by atoms with Gasteiger partial charge in [-0.15, -0.1) is 0 Å². The first-order valence-electron chi connectivity index (χ1n) is 8.82. The second-order valence-electron chi connectivity index (χ2n) is 6.32. The number of aromatic amines is 2. The van der Waals surface area contributed by atoms with Crippen molar-refractivity contribution in [3.05, 3.63) is 71.3 Å². The quantitative estimate of drug-likeness (QED) is 0.435. The number of benzene rings is 1. The third kappa shape index (κ3) is 2.69. The van der Waals surface area contributed by atoms with E-state index in [0.717, 1.165) is 23.2 Å². The van der Waals surface area contributed by atoms with Gasteiger partial charge in [-0.3, -0.25) is 14.5 Å². The van der Waals surface area contributed by atoms with Gasteiger partial charge in [-0.05, 0) is 12.1 Å². The Kier molecular flexibility index (Phi) is 3.82. The highest BCUT2D eigenvalue weighted by Gasteiger charge is 2.16. The number of aromatic nitrogens is 7. The highest BCUT2D eigenvalue weighted by Crippen LogP contribution is 2.22. The molecule has 4 heterocycles. The summed E-state index contributed by atoms with van der Waals surface area (Å²) < 4.78 is 1.59. The predicted octanol–water partition coefficient (Wildman–Crippen LogP) is 2.03. The number of nitrogens with zero attached hydrogens (tertiary/aromatic N) is 5. The predicted molar refractivity (Wildman–Crippen MR) is 106 cm³/mol. The van der Waals surface area contributed by atoms with E-state index in [2.05, 4.69) is 35.5 Å². The van der Waals surface area contributed by atoms with E-state index in [4.69, 9.17) is 0 Å². The molecule has 0 aliphatic heterocycles. The summed E-state index contributed by atoms with van der Waals surface area (Å²) in [6.07, 6.45) is 7.43.